The normalized spacial score (nSPS) is 14.4. The van der Waals surface area contributed by atoms with Gasteiger partial charge in [0.05, 0.1) is 28.0 Å². The molecule has 0 saturated heterocycles. The number of benzene rings is 3. The van der Waals surface area contributed by atoms with E-state index in [1.165, 1.54) is 4.90 Å². The minimum atomic E-state index is -1.14. The highest BCUT2D eigenvalue weighted by atomic mass is 16.5. The molecule has 0 saturated carbocycles. The number of carbonyl (C=O) groups excluding carboxylic acids is 3. The van der Waals surface area contributed by atoms with Gasteiger partial charge in [0.15, 0.2) is 6.61 Å². The lowest BCUT2D eigenvalue weighted by Crippen LogP contribution is -2.59. The molecule has 2 heterocycles. The van der Waals surface area contributed by atoms with Gasteiger partial charge in [-0.05, 0) is 63.2 Å². The predicted molar refractivity (Wildman–Crippen MR) is 133 cm³/mol. The van der Waals surface area contributed by atoms with Crippen LogP contribution in [0.3, 0.4) is 0 Å². The molecule has 1 aliphatic rings. The van der Waals surface area contributed by atoms with Gasteiger partial charge < -0.3 is 10.1 Å². The second-order valence-corrected chi connectivity index (χ2v) is 8.87. The molecule has 1 N–H and O–H groups in total. The Labute approximate surface area is 202 Å². The molecule has 176 valence electrons. The Morgan fingerprint density at radius 1 is 1.00 bits per heavy atom. The van der Waals surface area contributed by atoms with E-state index >= 15 is 0 Å². The van der Waals surface area contributed by atoms with Crippen LogP contribution in [0.25, 0.3) is 16.7 Å². The van der Waals surface area contributed by atoms with Crippen molar-refractivity contribution in [3.8, 4) is 5.69 Å². The second-order valence-electron chi connectivity index (χ2n) is 8.87. The van der Waals surface area contributed by atoms with Crippen molar-refractivity contribution in [2.45, 2.75) is 26.3 Å². The molecule has 0 aliphatic carbocycles. The van der Waals surface area contributed by atoms with Crippen molar-refractivity contribution in [3.05, 3.63) is 84.2 Å². The first kappa shape index (κ1) is 22.3. The molecule has 2 amide bonds. The van der Waals surface area contributed by atoms with Crippen LogP contribution in [-0.2, 0) is 14.3 Å². The topological polar surface area (TPSA) is 93.5 Å². The molecule has 0 fully saturated rings. The summed E-state index contributed by atoms with van der Waals surface area (Å²) in [7, 11) is 0. The number of rotatable bonds is 4. The Morgan fingerprint density at radius 2 is 1.71 bits per heavy atom. The molecule has 0 radical (unpaired) electrons. The van der Waals surface area contributed by atoms with Gasteiger partial charge in [-0.2, -0.15) is 0 Å². The van der Waals surface area contributed by atoms with E-state index in [-0.39, 0.29) is 5.91 Å². The molecule has 35 heavy (non-hydrogen) atoms. The second kappa shape index (κ2) is 8.39. The van der Waals surface area contributed by atoms with Crippen molar-refractivity contribution >= 4 is 40.2 Å². The standard InChI is InChI=1S/C27H24N4O4/c1-17-28-21-15-18(13-14-22(21)30(17)19-9-5-4-6-10-19)25(33)35-16-24(32)31-23-12-8-7-11-20(23)29-26(34)27(31,2)3/h4-15H,16H2,1-3H3,(H,29,34). The largest absolute Gasteiger partial charge is 0.452 e. The Bertz CT molecular complexity index is 1470. The summed E-state index contributed by atoms with van der Waals surface area (Å²) in [6.07, 6.45) is 0. The average Bonchev–Trinajstić information content (AvgIpc) is 3.18. The van der Waals surface area contributed by atoms with Crippen molar-refractivity contribution in [2.75, 3.05) is 16.8 Å². The third kappa shape index (κ3) is 3.82. The first-order valence-corrected chi connectivity index (χ1v) is 11.2. The van der Waals surface area contributed by atoms with E-state index in [1.54, 1.807) is 50.2 Å². The van der Waals surface area contributed by atoms with E-state index in [2.05, 4.69) is 10.3 Å². The molecule has 1 aliphatic heterocycles. The number of para-hydroxylation sites is 3. The highest BCUT2D eigenvalue weighted by molar-refractivity contribution is 6.14. The molecule has 3 aromatic carbocycles. The molecular formula is C27H24N4O4. The number of anilines is 2. The van der Waals surface area contributed by atoms with Gasteiger partial charge in [-0.25, -0.2) is 9.78 Å². The summed E-state index contributed by atoms with van der Waals surface area (Å²) in [5.74, 6) is -0.655. The van der Waals surface area contributed by atoms with Gasteiger partial charge in [0.25, 0.3) is 5.91 Å². The van der Waals surface area contributed by atoms with Crippen LogP contribution < -0.4 is 10.2 Å². The number of hydrogen-bond acceptors (Lipinski definition) is 5. The molecule has 0 unspecified atom stereocenters. The molecule has 8 heteroatoms. The van der Waals surface area contributed by atoms with Crippen LogP contribution in [0.5, 0.6) is 0 Å². The summed E-state index contributed by atoms with van der Waals surface area (Å²) >= 11 is 0. The molecule has 4 aromatic rings. The molecule has 8 nitrogen and oxygen atoms in total. The van der Waals surface area contributed by atoms with E-state index in [1.807, 2.05) is 47.9 Å². The monoisotopic (exact) mass is 468 g/mol. The summed E-state index contributed by atoms with van der Waals surface area (Å²) in [6.45, 7) is 4.70. The van der Waals surface area contributed by atoms with Gasteiger partial charge in [-0.3, -0.25) is 19.1 Å². The van der Waals surface area contributed by atoms with Crippen molar-refractivity contribution < 1.29 is 19.1 Å². The van der Waals surface area contributed by atoms with Gasteiger partial charge in [0, 0.05) is 5.69 Å². The van der Waals surface area contributed by atoms with Crippen LogP contribution in [0.2, 0.25) is 0 Å². The van der Waals surface area contributed by atoms with E-state index in [4.69, 9.17) is 4.74 Å². The summed E-state index contributed by atoms with van der Waals surface area (Å²) in [5.41, 5.74) is 2.72. The lowest BCUT2D eigenvalue weighted by atomic mass is 9.96. The summed E-state index contributed by atoms with van der Waals surface area (Å²) in [4.78, 5) is 44.5. The number of amides is 2. The fraction of sp³-hybridized carbons (Fsp3) is 0.185. The number of fused-ring (bicyclic) bond motifs is 2. The number of ether oxygens (including phenoxy) is 1. The minimum absolute atomic E-state index is 0.291. The van der Waals surface area contributed by atoms with Gasteiger partial charge in [-0.15, -0.1) is 0 Å². The van der Waals surface area contributed by atoms with Gasteiger partial charge in [-0.1, -0.05) is 30.3 Å². The van der Waals surface area contributed by atoms with Crippen LogP contribution in [0.15, 0.2) is 72.8 Å². The van der Waals surface area contributed by atoms with Gasteiger partial charge in [0.2, 0.25) is 5.91 Å². The van der Waals surface area contributed by atoms with Crippen LogP contribution in [0.4, 0.5) is 11.4 Å². The fourth-order valence-corrected chi connectivity index (χ4v) is 4.40. The summed E-state index contributed by atoms with van der Waals surface area (Å²) in [5, 5.41) is 2.81. The molecule has 5 rings (SSSR count). The maximum absolute atomic E-state index is 13.1. The Kier molecular flexibility index (Phi) is 5.36. The maximum Gasteiger partial charge on any atom is 0.338 e. The quantitative estimate of drug-likeness (QED) is 0.452. The van der Waals surface area contributed by atoms with Crippen LogP contribution in [-0.4, -0.2) is 39.5 Å². The van der Waals surface area contributed by atoms with Crippen molar-refractivity contribution in [1.29, 1.82) is 0 Å². The summed E-state index contributed by atoms with van der Waals surface area (Å²) in [6, 6.07) is 22.0. The number of nitrogens with zero attached hydrogens (tertiary/aromatic N) is 3. The highest BCUT2D eigenvalue weighted by Crippen LogP contribution is 2.36. The van der Waals surface area contributed by atoms with Crippen LogP contribution in [0, 0.1) is 6.92 Å². The van der Waals surface area contributed by atoms with E-state index in [0.29, 0.717) is 22.5 Å². The van der Waals surface area contributed by atoms with Gasteiger partial charge >= 0.3 is 5.97 Å². The van der Waals surface area contributed by atoms with E-state index < -0.39 is 24.0 Å². The average molecular weight is 469 g/mol. The zero-order valence-corrected chi connectivity index (χ0v) is 19.6. The van der Waals surface area contributed by atoms with Crippen molar-refractivity contribution in [2.24, 2.45) is 0 Å². The third-order valence-electron chi connectivity index (χ3n) is 6.16. The number of imidazole rings is 1. The Balaban J connectivity index is 1.36. The number of aryl methyl sites for hydroxylation is 1. The van der Waals surface area contributed by atoms with Crippen molar-refractivity contribution in [1.82, 2.24) is 9.55 Å². The first-order chi connectivity index (χ1) is 16.8. The zero-order valence-electron chi connectivity index (χ0n) is 19.6. The number of nitrogens with one attached hydrogen (secondary N) is 1. The summed E-state index contributed by atoms with van der Waals surface area (Å²) < 4.78 is 7.37. The Hall–Kier alpha value is -4.46. The van der Waals surface area contributed by atoms with Crippen molar-refractivity contribution in [3.63, 3.8) is 0 Å². The predicted octanol–water partition coefficient (Wildman–Crippen LogP) is 4.25. The molecule has 0 bridgehead atoms. The first-order valence-electron chi connectivity index (χ1n) is 11.2. The third-order valence-corrected chi connectivity index (χ3v) is 6.16. The maximum atomic E-state index is 13.1. The smallest absolute Gasteiger partial charge is 0.338 e. The fourth-order valence-electron chi connectivity index (χ4n) is 4.40. The number of hydrogen-bond donors (Lipinski definition) is 1. The number of esters is 1. The lowest BCUT2D eigenvalue weighted by Gasteiger charge is -2.41. The SMILES string of the molecule is Cc1nc2cc(C(=O)OCC(=O)N3c4ccccc4NC(=O)C3(C)C)ccc2n1-c1ccccc1. The molecular weight excluding hydrogens is 444 g/mol. The minimum Gasteiger partial charge on any atom is -0.452 e. The molecule has 1 aromatic heterocycles. The number of aromatic nitrogens is 2. The molecule has 0 atom stereocenters. The number of carbonyl (C=O) groups is 3. The lowest BCUT2D eigenvalue weighted by molar-refractivity contribution is -0.128. The van der Waals surface area contributed by atoms with Crippen LogP contribution >= 0.6 is 0 Å². The van der Waals surface area contributed by atoms with E-state index in [0.717, 1.165) is 17.0 Å². The highest BCUT2D eigenvalue weighted by Gasteiger charge is 2.43. The Morgan fingerprint density at radius 3 is 2.49 bits per heavy atom. The molecule has 0 spiro atoms. The van der Waals surface area contributed by atoms with Crippen LogP contribution in [0.1, 0.15) is 30.0 Å². The van der Waals surface area contributed by atoms with E-state index in [9.17, 15) is 14.4 Å². The zero-order chi connectivity index (χ0) is 24.7. The van der Waals surface area contributed by atoms with Gasteiger partial charge in [0.1, 0.15) is 11.4 Å².